The molecular weight excluding hydrogens is 362 g/mol. The second kappa shape index (κ2) is 10.3. The lowest BCUT2D eigenvalue weighted by Gasteiger charge is -2.22. The minimum atomic E-state index is 0.681. The Bertz CT molecular complexity index is 903. The number of aromatic nitrogens is 2. The highest BCUT2D eigenvalue weighted by atomic mass is 16.5. The topological polar surface area (TPSA) is 54.7 Å². The number of nitrogens with one attached hydrogen (secondary N) is 1. The zero-order valence-corrected chi connectivity index (χ0v) is 17.4. The Balaban J connectivity index is 1.49. The Kier molecular flexibility index (Phi) is 7.28. The van der Waals surface area contributed by atoms with Gasteiger partial charge in [-0.25, -0.2) is 4.68 Å². The zero-order chi connectivity index (χ0) is 20.5. The molecule has 0 fully saturated rings. The predicted molar refractivity (Wildman–Crippen MR) is 118 cm³/mol. The second-order valence-corrected chi connectivity index (χ2v) is 6.79. The molecule has 0 radical (unpaired) electrons. The van der Waals surface area contributed by atoms with Gasteiger partial charge in [-0.05, 0) is 48.7 Å². The van der Waals surface area contributed by atoms with Gasteiger partial charge >= 0.3 is 0 Å². The molecule has 3 aromatic rings. The first-order chi connectivity index (χ1) is 14.2. The molecule has 0 saturated heterocycles. The van der Waals surface area contributed by atoms with E-state index in [9.17, 15) is 0 Å². The van der Waals surface area contributed by atoms with Crippen LogP contribution < -0.4 is 10.1 Å². The van der Waals surface area contributed by atoms with E-state index in [0.717, 1.165) is 36.9 Å². The van der Waals surface area contributed by atoms with Crippen LogP contribution in [-0.4, -0.2) is 47.9 Å². The maximum atomic E-state index is 5.50. The van der Waals surface area contributed by atoms with Gasteiger partial charge < -0.3 is 15.0 Å². The smallest absolute Gasteiger partial charge is 0.193 e. The molecule has 2 aromatic carbocycles. The third-order valence-electron chi connectivity index (χ3n) is 4.58. The maximum absolute atomic E-state index is 5.50. The van der Waals surface area contributed by atoms with Gasteiger partial charge in [-0.3, -0.25) is 4.99 Å². The summed E-state index contributed by atoms with van der Waals surface area (Å²) in [4.78, 5) is 6.52. The van der Waals surface area contributed by atoms with E-state index >= 15 is 0 Å². The lowest BCUT2D eigenvalue weighted by Crippen LogP contribution is -2.39. The fourth-order valence-electron chi connectivity index (χ4n) is 3.12. The van der Waals surface area contributed by atoms with E-state index in [0.29, 0.717) is 6.61 Å². The number of guanidine groups is 1. The fourth-order valence-corrected chi connectivity index (χ4v) is 3.12. The highest BCUT2D eigenvalue weighted by Gasteiger charge is 2.07. The molecule has 6 nitrogen and oxygen atoms in total. The predicted octanol–water partition coefficient (Wildman–Crippen LogP) is 3.52. The van der Waals surface area contributed by atoms with E-state index in [4.69, 9.17) is 4.74 Å². The minimum absolute atomic E-state index is 0.681. The van der Waals surface area contributed by atoms with Crippen LogP contribution in [0.1, 0.15) is 18.1 Å². The second-order valence-electron chi connectivity index (χ2n) is 6.79. The van der Waals surface area contributed by atoms with Gasteiger partial charge in [0, 0.05) is 33.4 Å². The Hall–Kier alpha value is -3.28. The summed E-state index contributed by atoms with van der Waals surface area (Å²) in [5.41, 5.74) is 3.46. The van der Waals surface area contributed by atoms with E-state index in [1.54, 1.807) is 0 Å². The van der Waals surface area contributed by atoms with Crippen molar-refractivity contribution in [3.05, 3.63) is 78.1 Å². The van der Waals surface area contributed by atoms with Gasteiger partial charge in [0.2, 0.25) is 0 Å². The molecule has 1 heterocycles. The Morgan fingerprint density at radius 3 is 2.55 bits per heavy atom. The summed E-state index contributed by atoms with van der Waals surface area (Å²) in [6.07, 6.45) is 4.87. The molecule has 0 aliphatic heterocycles. The summed E-state index contributed by atoms with van der Waals surface area (Å²) < 4.78 is 7.41. The lowest BCUT2D eigenvalue weighted by atomic mass is 10.2. The maximum Gasteiger partial charge on any atom is 0.193 e. The molecule has 6 heteroatoms. The number of hydrogen-bond acceptors (Lipinski definition) is 3. The first kappa shape index (κ1) is 20.5. The Labute approximate surface area is 172 Å². The summed E-state index contributed by atoms with van der Waals surface area (Å²) in [6.45, 7) is 4.24. The van der Waals surface area contributed by atoms with Gasteiger partial charge in [0.15, 0.2) is 5.96 Å². The molecule has 1 aromatic heterocycles. The number of nitrogens with zero attached hydrogens (tertiary/aromatic N) is 4. The standard InChI is InChI=1S/C23H29N5O/c1-4-29-22-12-10-19(11-13-22)17-27(3)23(24-2)25-15-14-20-16-26-28(18-20)21-8-6-5-7-9-21/h5-13,16,18H,4,14-15,17H2,1-3H3,(H,24,25). The highest BCUT2D eigenvalue weighted by Crippen LogP contribution is 2.13. The van der Waals surface area contributed by atoms with Gasteiger partial charge in [0.05, 0.1) is 18.5 Å². The summed E-state index contributed by atoms with van der Waals surface area (Å²) in [7, 11) is 3.85. The van der Waals surface area contributed by atoms with Crippen LogP contribution >= 0.6 is 0 Å². The van der Waals surface area contributed by atoms with E-state index in [2.05, 4.69) is 38.6 Å². The summed E-state index contributed by atoms with van der Waals surface area (Å²) in [5, 5.41) is 7.89. The van der Waals surface area contributed by atoms with Crippen LogP contribution in [0, 0.1) is 0 Å². The first-order valence-electron chi connectivity index (χ1n) is 9.92. The van der Waals surface area contributed by atoms with Crippen LogP contribution in [-0.2, 0) is 13.0 Å². The van der Waals surface area contributed by atoms with Crippen molar-refractivity contribution in [1.29, 1.82) is 0 Å². The number of hydrogen-bond donors (Lipinski definition) is 1. The quantitative estimate of drug-likeness (QED) is 0.472. The fraction of sp³-hybridized carbons (Fsp3) is 0.304. The molecule has 29 heavy (non-hydrogen) atoms. The molecule has 0 bridgehead atoms. The molecule has 0 atom stereocenters. The highest BCUT2D eigenvalue weighted by molar-refractivity contribution is 5.79. The molecule has 1 N–H and O–H groups in total. The SMILES string of the molecule is CCOc1ccc(CN(C)C(=NC)NCCc2cnn(-c3ccccc3)c2)cc1. The van der Waals surface area contributed by atoms with E-state index < -0.39 is 0 Å². The van der Waals surface area contributed by atoms with Crippen molar-refractivity contribution in [2.45, 2.75) is 19.9 Å². The van der Waals surface area contributed by atoms with Crippen molar-refractivity contribution in [1.82, 2.24) is 20.0 Å². The number of para-hydroxylation sites is 1. The number of aliphatic imine (C=N–C) groups is 1. The first-order valence-corrected chi connectivity index (χ1v) is 9.92. The molecule has 152 valence electrons. The van der Waals surface area contributed by atoms with Crippen molar-refractivity contribution in [2.24, 2.45) is 4.99 Å². The monoisotopic (exact) mass is 391 g/mol. The lowest BCUT2D eigenvalue weighted by molar-refractivity contribution is 0.340. The van der Waals surface area contributed by atoms with Crippen molar-refractivity contribution in [3.63, 3.8) is 0 Å². The van der Waals surface area contributed by atoms with Crippen molar-refractivity contribution in [3.8, 4) is 11.4 Å². The van der Waals surface area contributed by atoms with E-state index in [-0.39, 0.29) is 0 Å². The van der Waals surface area contributed by atoms with Crippen molar-refractivity contribution < 1.29 is 4.74 Å². The molecule has 0 aliphatic rings. The molecule has 0 amide bonds. The van der Waals surface area contributed by atoms with Gasteiger partial charge in [0.1, 0.15) is 5.75 Å². The molecule has 0 aliphatic carbocycles. The summed E-state index contributed by atoms with van der Waals surface area (Å²) in [6, 6.07) is 18.3. The Morgan fingerprint density at radius 1 is 1.10 bits per heavy atom. The van der Waals surface area contributed by atoms with Gasteiger partial charge in [0.25, 0.3) is 0 Å². The van der Waals surface area contributed by atoms with Crippen LogP contribution in [0.25, 0.3) is 5.69 Å². The van der Waals surface area contributed by atoms with Crippen LogP contribution in [0.15, 0.2) is 72.0 Å². The van der Waals surface area contributed by atoms with Crippen LogP contribution in [0.4, 0.5) is 0 Å². The van der Waals surface area contributed by atoms with E-state index in [1.807, 2.05) is 74.4 Å². The molecule has 0 unspecified atom stereocenters. The summed E-state index contributed by atoms with van der Waals surface area (Å²) in [5.74, 6) is 1.77. The zero-order valence-electron chi connectivity index (χ0n) is 17.4. The van der Waals surface area contributed by atoms with Crippen LogP contribution in [0.3, 0.4) is 0 Å². The normalized spacial score (nSPS) is 11.3. The Morgan fingerprint density at radius 2 is 1.86 bits per heavy atom. The van der Waals surface area contributed by atoms with Gasteiger partial charge in [-0.2, -0.15) is 5.10 Å². The van der Waals surface area contributed by atoms with Crippen molar-refractivity contribution >= 4 is 5.96 Å². The third kappa shape index (κ3) is 5.85. The van der Waals surface area contributed by atoms with Crippen LogP contribution in [0.5, 0.6) is 5.75 Å². The van der Waals surface area contributed by atoms with Crippen molar-refractivity contribution in [2.75, 3.05) is 27.2 Å². The summed E-state index contributed by atoms with van der Waals surface area (Å²) >= 11 is 0. The largest absolute Gasteiger partial charge is 0.494 e. The number of ether oxygens (including phenoxy) is 1. The number of benzene rings is 2. The average molecular weight is 392 g/mol. The van der Waals surface area contributed by atoms with Gasteiger partial charge in [-0.1, -0.05) is 30.3 Å². The molecule has 3 rings (SSSR count). The minimum Gasteiger partial charge on any atom is -0.494 e. The third-order valence-corrected chi connectivity index (χ3v) is 4.58. The average Bonchev–Trinajstić information content (AvgIpc) is 3.22. The van der Waals surface area contributed by atoms with Gasteiger partial charge in [-0.15, -0.1) is 0 Å². The molecule has 0 saturated carbocycles. The number of rotatable bonds is 8. The van der Waals surface area contributed by atoms with E-state index in [1.165, 1.54) is 11.1 Å². The van der Waals surface area contributed by atoms with Crippen LogP contribution in [0.2, 0.25) is 0 Å². The molecular formula is C23H29N5O. The molecule has 0 spiro atoms.